The van der Waals surface area contributed by atoms with E-state index in [2.05, 4.69) is 79.9 Å². The number of carbonyl (C=O) groups is 1. The molecule has 0 aliphatic carbocycles. The minimum absolute atomic E-state index is 0.140. The molecule has 0 aromatic carbocycles. The van der Waals surface area contributed by atoms with E-state index in [4.69, 9.17) is 9.47 Å². The van der Waals surface area contributed by atoms with Gasteiger partial charge in [-0.15, -0.1) is 0 Å². The van der Waals surface area contributed by atoms with Crippen molar-refractivity contribution >= 4 is 5.91 Å². The van der Waals surface area contributed by atoms with Gasteiger partial charge in [0.2, 0.25) is 5.91 Å². The molecule has 0 radical (unpaired) electrons. The van der Waals surface area contributed by atoms with Crippen LogP contribution < -0.4 is 5.32 Å². The zero-order valence-corrected chi connectivity index (χ0v) is 47.4. The molecule has 0 bridgehead atoms. The van der Waals surface area contributed by atoms with Gasteiger partial charge in [0, 0.05) is 6.42 Å². The van der Waals surface area contributed by atoms with Crippen molar-refractivity contribution in [2.45, 2.75) is 326 Å². The predicted octanol–water partition coefficient (Wildman–Crippen LogP) is 15.9. The number of nitrogens with one attached hydrogen (secondary N) is 1. The van der Waals surface area contributed by atoms with Crippen molar-refractivity contribution in [1.29, 1.82) is 0 Å². The average molecular weight is 1030 g/mol. The molecule has 1 amide bonds. The van der Waals surface area contributed by atoms with Crippen LogP contribution in [0.4, 0.5) is 0 Å². The van der Waals surface area contributed by atoms with E-state index in [1.807, 2.05) is 0 Å². The number of rotatable bonds is 53. The van der Waals surface area contributed by atoms with E-state index in [0.717, 1.165) is 70.6 Å². The number of aliphatic hydroxyl groups excluding tert-OH is 5. The van der Waals surface area contributed by atoms with Gasteiger partial charge in [-0.2, -0.15) is 0 Å². The van der Waals surface area contributed by atoms with E-state index in [1.165, 1.54) is 186 Å². The second kappa shape index (κ2) is 53.3. The summed E-state index contributed by atoms with van der Waals surface area (Å²) >= 11 is 0. The Balaban J connectivity index is 2.18. The Hall–Kier alpha value is -2.11. The summed E-state index contributed by atoms with van der Waals surface area (Å²) in [7, 11) is 0. The van der Waals surface area contributed by atoms with Crippen molar-refractivity contribution in [2.75, 3.05) is 13.2 Å². The molecule has 6 N–H and O–H groups in total. The van der Waals surface area contributed by atoms with E-state index in [1.54, 1.807) is 0 Å². The number of unbranched alkanes of at least 4 members (excludes halogenated alkanes) is 33. The molecule has 426 valence electrons. The van der Waals surface area contributed by atoms with E-state index in [9.17, 15) is 30.3 Å². The minimum Gasteiger partial charge on any atom is -0.394 e. The number of carbonyl (C=O) groups excluding carboxylic acids is 1. The highest BCUT2D eigenvalue weighted by atomic mass is 16.7. The van der Waals surface area contributed by atoms with Gasteiger partial charge < -0.3 is 40.3 Å². The van der Waals surface area contributed by atoms with Crippen molar-refractivity contribution in [1.82, 2.24) is 5.32 Å². The number of hydrogen-bond acceptors (Lipinski definition) is 8. The number of ether oxygens (including phenoxy) is 2. The van der Waals surface area contributed by atoms with E-state index in [0.29, 0.717) is 12.8 Å². The number of amides is 1. The summed E-state index contributed by atoms with van der Waals surface area (Å²) in [5, 5.41) is 54.8. The molecule has 7 unspecified atom stereocenters. The lowest BCUT2D eigenvalue weighted by molar-refractivity contribution is -0.302. The molecule has 1 heterocycles. The van der Waals surface area contributed by atoms with Crippen molar-refractivity contribution < 1.29 is 39.8 Å². The molecule has 7 atom stereocenters. The maximum Gasteiger partial charge on any atom is 0.220 e. The van der Waals surface area contributed by atoms with Gasteiger partial charge in [-0.1, -0.05) is 280 Å². The lowest BCUT2D eigenvalue weighted by Crippen LogP contribution is -2.60. The smallest absolute Gasteiger partial charge is 0.220 e. The van der Waals surface area contributed by atoms with Crippen LogP contribution in [0.15, 0.2) is 60.8 Å². The standard InChI is InChI=1S/C64H117NO8/c1-3-5-7-9-11-13-15-17-19-21-23-25-27-28-29-30-32-34-36-38-40-42-44-46-48-50-52-54-60(68)65-57(56-72-64-63(71)62(70)61(69)59(55-66)73-64)58(67)53-51-49-47-45-43-41-39-37-35-33-31-26-24-22-20-18-16-14-12-10-8-6-4-2/h5,7,11,13,17,19,23,25,28-29,57-59,61-64,66-67,69-71H,3-4,6,8-10,12,14-16,18,20-22,24,26-27,30-56H2,1-2H3,(H,65,68)/b7-5-,13-11-,19-17-,25-23-,29-28-. The first-order valence-corrected chi connectivity index (χ1v) is 31.0. The molecule has 0 spiro atoms. The quantitative estimate of drug-likeness (QED) is 0.0261. The molecule has 1 aliphatic rings. The summed E-state index contributed by atoms with van der Waals surface area (Å²) in [6.07, 6.45) is 65.4. The maximum absolute atomic E-state index is 13.1. The van der Waals surface area contributed by atoms with Gasteiger partial charge in [-0.3, -0.25) is 4.79 Å². The molecule has 1 fully saturated rings. The first kappa shape index (κ1) is 68.9. The maximum atomic E-state index is 13.1. The highest BCUT2D eigenvalue weighted by Gasteiger charge is 2.44. The molecular formula is C64H117NO8. The third-order valence-corrected chi connectivity index (χ3v) is 14.6. The van der Waals surface area contributed by atoms with Gasteiger partial charge >= 0.3 is 0 Å². The Kier molecular flexibility index (Phi) is 50.3. The van der Waals surface area contributed by atoms with Crippen molar-refractivity contribution in [3.63, 3.8) is 0 Å². The molecule has 73 heavy (non-hydrogen) atoms. The van der Waals surface area contributed by atoms with Crippen molar-refractivity contribution in [3.05, 3.63) is 60.8 Å². The van der Waals surface area contributed by atoms with Gasteiger partial charge in [-0.25, -0.2) is 0 Å². The van der Waals surface area contributed by atoms with Gasteiger partial charge in [-0.05, 0) is 57.8 Å². The van der Waals surface area contributed by atoms with Crippen molar-refractivity contribution in [3.8, 4) is 0 Å². The molecule has 0 aromatic heterocycles. The Labute approximate surface area is 449 Å². The van der Waals surface area contributed by atoms with Crippen LogP contribution in [0.1, 0.15) is 284 Å². The van der Waals surface area contributed by atoms with Crippen LogP contribution in [0, 0.1) is 0 Å². The third-order valence-electron chi connectivity index (χ3n) is 14.6. The molecule has 1 saturated heterocycles. The first-order chi connectivity index (χ1) is 35.8. The third kappa shape index (κ3) is 42.7. The second-order valence-electron chi connectivity index (χ2n) is 21.5. The minimum atomic E-state index is -1.56. The fraction of sp³-hybridized carbons (Fsp3) is 0.828. The summed E-state index contributed by atoms with van der Waals surface area (Å²) in [5.74, 6) is -0.146. The van der Waals surface area contributed by atoms with Crippen LogP contribution in [-0.4, -0.2) is 87.5 Å². The summed E-state index contributed by atoms with van der Waals surface area (Å²) in [5.41, 5.74) is 0. The summed E-state index contributed by atoms with van der Waals surface area (Å²) in [4.78, 5) is 13.1. The monoisotopic (exact) mass is 1030 g/mol. The Morgan fingerprint density at radius 3 is 1.26 bits per heavy atom. The van der Waals surface area contributed by atoms with E-state index in [-0.39, 0.29) is 12.5 Å². The van der Waals surface area contributed by atoms with Gasteiger partial charge in [0.15, 0.2) is 6.29 Å². The van der Waals surface area contributed by atoms with Gasteiger partial charge in [0.1, 0.15) is 24.4 Å². The number of allylic oxidation sites excluding steroid dienone is 10. The molecular weight excluding hydrogens is 911 g/mol. The Morgan fingerprint density at radius 1 is 0.479 bits per heavy atom. The Bertz CT molecular complexity index is 1330. The second-order valence-corrected chi connectivity index (χ2v) is 21.5. The fourth-order valence-electron chi connectivity index (χ4n) is 9.78. The largest absolute Gasteiger partial charge is 0.394 e. The van der Waals surface area contributed by atoms with Crippen LogP contribution in [-0.2, 0) is 14.3 Å². The van der Waals surface area contributed by atoms with Crippen LogP contribution in [0.25, 0.3) is 0 Å². The van der Waals surface area contributed by atoms with Gasteiger partial charge in [0.25, 0.3) is 0 Å². The highest BCUT2D eigenvalue weighted by molar-refractivity contribution is 5.76. The Morgan fingerprint density at radius 2 is 0.849 bits per heavy atom. The number of aliphatic hydroxyl groups is 5. The predicted molar refractivity (Wildman–Crippen MR) is 309 cm³/mol. The average Bonchev–Trinajstić information content (AvgIpc) is 3.39. The highest BCUT2D eigenvalue weighted by Crippen LogP contribution is 2.23. The SMILES string of the molecule is CC/C=C\C/C=C\C/C=C\C/C=C\C/C=C\CCCCCCCCCCCCCC(=O)NC(COC1OC(CO)C(O)C(O)C1O)C(O)CCCCCCCCCCCCCCCCCCCCCCCCC. The van der Waals surface area contributed by atoms with E-state index < -0.39 is 49.5 Å². The zero-order chi connectivity index (χ0) is 52.9. The van der Waals surface area contributed by atoms with Crippen LogP contribution in [0.3, 0.4) is 0 Å². The first-order valence-electron chi connectivity index (χ1n) is 31.0. The fourth-order valence-corrected chi connectivity index (χ4v) is 9.78. The molecule has 9 heteroatoms. The molecule has 0 aromatic rings. The van der Waals surface area contributed by atoms with E-state index >= 15 is 0 Å². The van der Waals surface area contributed by atoms with Crippen LogP contribution >= 0.6 is 0 Å². The number of hydrogen-bond donors (Lipinski definition) is 6. The van der Waals surface area contributed by atoms with Crippen LogP contribution in [0.2, 0.25) is 0 Å². The lowest BCUT2D eigenvalue weighted by Gasteiger charge is -2.40. The summed E-state index contributed by atoms with van der Waals surface area (Å²) in [6, 6.07) is -0.724. The van der Waals surface area contributed by atoms with Crippen molar-refractivity contribution in [2.24, 2.45) is 0 Å². The lowest BCUT2D eigenvalue weighted by atomic mass is 9.99. The zero-order valence-electron chi connectivity index (χ0n) is 47.4. The molecule has 1 rings (SSSR count). The molecule has 1 aliphatic heterocycles. The topological polar surface area (TPSA) is 149 Å². The normalized spacial score (nSPS) is 19.5. The summed E-state index contributed by atoms with van der Waals surface area (Å²) < 4.78 is 11.3. The van der Waals surface area contributed by atoms with Gasteiger partial charge in [0.05, 0.1) is 25.4 Å². The summed E-state index contributed by atoms with van der Waals surface area (Å²) in [6.45, 7) is 3.75. The van der Waals surface area contributed by atoms with Crippen LogP contribution in [0.5, 0.6) is 0 Å². The molecule has 0 saturated carbocycles. The molecule has 9 nitrogen and oxygen atoms in total.